The molecule has 0 radical (unpaired) electrons. The van der Waals surface area contributed by atoms with Crippen LogP contribution < -0.4 is 5.73 Å². The Morgan fingerprint density at radius 2 is 2.22 bits per heavy atom. The van der Waals surface area contributed by atoms with Crippen molar-refractivity contribution < 1.29 is 9.53 Å². The number of hydrogen-bond acceptors (Lipinski definition) is 4. The van der Waals surface area contributed by atoms with E-state index in [-0.39, 0.29) is 6.61 Å². The summed E-state index contributed by atoms with van der Waals surface area (Å²) in [7, 11) is 0. The predicted molar refractivity (Wildman–Crippen MR) is 77.0 cm³/mol. The Bertz CT molecular complexity index is 585. The lowest BCUT2D eigenvalue weighted by atomic mass is 10.2. The number of esters is 1. The molecule has 0 amide bonds. The van der Waals surface area contributed by atoms with Gasteiger partial charge in [0.15, 0.2) is 0 Å². The molecule has 0 spiro atoms. The van der Waals surface area contributed by atoms with Crippen LogP contribution in [0, 0.1) is 0 Å². The van der Waals surface area contributed by atoms with Crippen molar-refractivity contribution in [2.75, 3.05) is 5.73 Å². The Balaban J connectivity index is 2.04. The van der Waals surface area contributed by atoms with Crippen LogP contribution in [0.5, 0.6) is 0 Å². The van der Waals surface area contributed by atoms with Crippen LogP contribution in [-0.2, 0) is 11.3 Å². The van der Waals surface area contributed by atoms with Gasteiger partial charge in [0.1, 0.15) is 6.61 Å². The number of nitrogens with two attached hydrogens (primary N) is 1. The van der Waals surface area contributed by atoms with E-state index in [9.17, 15) is 4.79 Å². The average molecular weight is 347 g/mol. The first kappa shape index (κ1) is 13.4. The van der Waals surface area contributed by atoms with Crippen molar-refractivity contribution in [2.24, 2.45) is 0 Å². The van der Waals surface area contributed by atoms with Crippen LogP contribution in [-0.4, -0.2) is 5.97 Å². The summed E-state index contributed by atoms with van der Waals surface area (Å²) in [4.78, 5) is 12.7. The van der Waals surface area contributed by atoms with Gasteiger partial charge in [0.2, 0.25) is 0 Å². The minimum atomic E-state index is -0.418. The fourth-order valence-corrected chi connectivity index (χ4v) is 2.81. The zero-order valence-electron chi connectivity index (χ0n) is 9.15. The van der Waals surface area contributed by atoms with E-state index in [2.05, 4.69) is 15.9 Å². The molecule has 1 heterocycles. The molecule has 94 valence electrons. The molecule has 1 aromatic heterocycles. The van der Waals surface area contributed by atoms with Crippen LogP contribution in [0.4, 0.5) is 5.69 Å². The molecule has 18 heavy (non-hydrogen) atoms. The number of carbonyl (C=O) groups excluding carboxylic acids is 1. The molecular weight excluding hydrogens is 338 g/mol. The topological polar surface area (TPSA) is 52.3 Å². The standard InChI is InChI=1S/C12H9BrClNO2S/c13-8-3-4-18-11(8)6-17-12(16)7-1-2-9(14)10(15)5-7/h1-5H,6,15H2. The Hall–Kier alpha value is -1.04. The van der Waals surface area contributed by atoms with Crippen molar-refractivity contribution in [3.63, 3.8) is 0 Å². The van der Waals surface area contributed by atoms with Gasteiger partial charge in [-0.2, -0.15) is 0 Å². The number of thiophene rings is 1. The van der Waals surface area contributed by atoms with Gasteiger partial charge in [-0.3, -0.25) is 0 Å². The third-order valence-corrected chi connectivity index (χ3v) is 4.50. The summed E-state index contributed by atoms with van der Waals surface area (Å²) in [5, 5.41) is 2.35. The molecule has 0 saturated carbocycles. The van der Waals surface area contributed by atoms with Crippen LogP contribution in [0.3, 0.4) is 0 Å². The second-order valence-corrected chi connectivity index (χ2v) is 5.77. The molecule has 0 unspecified atom stereocenters. The third kappa shape index (κ3) is 3.04. The highest BCUT2D eigenvalue weighted by atomic mass is 79.9. The first-order valence-corrected chi connectivity index (χ1v) is 7.07. The summed E-state index contributed by atoms with van der Waals surface area (Å²) in [6.07, 6.45) is 0. The van der Waals surface area contributed by atoms with Gasteiger partial charge in [0, 0.05) is 4.47 Å². The molecule has 2 rings (SSSR count). The second-order valence-electron chi connectivity index (χ2n) is 3.50. The fourth-order valence-electron chi connectivity index (χ4n) is 1.31. The highest BCUT2D eigenvalue weighted by Gasteiger charge is 2.10. The molecule has 1 aromatic carbocycles. The number of benzene rings is 1. The maximum atomic E-state index is 11.8. The minimum absolute atomic E-state index is 0.236. The van der Waals surface area contributed by atoms with Crippen molar-refractivity contribution in [1.82, 2.24) is 0 Å². The lowest BCUT2D eigenvalue weighted by molar-refractivity contribution is 0.0476. The quantitative estimate of drug-likeness (QED) is 0.672. The Morgan fingerprint density at radius 3 is 2.83 bits per heavy atom. The lowest BCUT2D eigenvalue weighted by Gasteiger charge is -2.05. The van der Waals surface area contributed by atoms with Gasteiger partial charge in [-0.15, -0.1) is 11.3 Å². The van der Waals surface area contributed by atoms with E-state index in [0.29, 0.717) is 16.3 Å². The number of ether oxygens (including phenoxy) is 1. The summed E-state index contributed by atoms with van der Waals surface area (Å²) in [6, 6.07) is 6.58. The molecular formula is C12H9BrClNO2S. The lowest BCUT2D eigenvalue weighted by Crippen LogP contribution is -2.05. The molecule has 0 saturated heterocycles. The van der Waals surface area contributed by atoms with Crippen LogP contribution >= 0.6 is 38.9 Å². The van der Waals surface area contributed by atoms with Gasteiger partial charge in [-0.25, -0.2) is 4.79 Å². The molecule has 0 fully saturated rings. The molecule has 0 aliphatic rings. The van der Waals surface area contributed by atoms with Crippen molar-refractivity contribution in [3.8, 4) is 0 Å². The molecule has 6 heteroatoms. The number of nitrogen functional groups attached to an aromatic ring is 1. The predicted octanol–water partition coefficient (Wildman–Crippen LogP) is 4.10. The smallest absolute Gasteiger partial charge is 0.338 e. The highest BCUT2D eigenvalue weighted by molar-refractivity contribution is 9.10. The van der Waals surface area contributed by atoms with Gasteiger partial charge >= 0.3 is 5.97 Å². The van der Waals surface area contributed by atoms with Gasteiger partial charge in [0.25, 0.3) is 0 Å². The van der Waals surface area contributed by atoms with Crippen molar-refractivity contribution in [2.45, 2.75) is 6.61 Å². The molecule has 0 aliphatic carbocycles. The van der Waals surface area contributed by atoms with Crippen LogP contribution in [0.15, 0.2) is 34.1 Å². The molecule has 3 nitrogen and oxygen atoms in total. The molecule has 0 atom stereocenters. The van der Waals surface area contributed by atoms with E-state index in [1.54, 1.807) is 12.1 Å². The Morgan fingerprint density at radius 1 is 1.44 bits per heavy atom. The van der Waals surface area contributed by atoms with E-state index in [1.807, 2.05) is 11.4 Å². The first-order chi connectivity index (χ1) is 8.58. The summed E-state index contributed by atoms with van der Waals surface area (Å²) in [5.41, 5.74) is 6.39. The summed E-state index contributed by atoms with van der Waals surface area (Å²) in [6.45, 7) is 0.236. The fraction of sp³-hybridized carbons (Fsp3) is 0.0833. The van der Waals surface area contributed by atoms with E-state index >= 15 is 0 Å². The van der Waals surface area contributed by atoms with Gasteiger partial charge in [0.05, 0.1) is 21.2 Å². The summed E-state index contributed by atoms with van der Waals surface area (Å²) in [5.74, 6) is -0.418. The Labute approximate surface area is 122 Å². The minimum Gasteiger partial charge on any atom is -0.456 e. The number of hydrogen-bond donors (Lipinski definition) is 1. The van der Waals surface area contributed by atoms with E-state index < -0.39 is 5.97 Å². The zero-order valence-corrected chi connectivity index (χ0v) is 12.3. The van der Waals surface area contributed by atoms with Gasteiger partial charge in [-0.05, 0) is 45.6 Å². The highest BCUT2D eigenvalue weighted by Crippen LogP contribution is 2.24. The average Bonchev–Trinajstić information content (AvgIpc) is 2.75. The van der Waals surface area contributed by atoms with Crippen molar-refractivity contribution in [1.29, 1.82) is 0 Å². The number of rotatable bonds is 3. The van der Waals surface area contributed by atoms with E-state index in [0.717, 1.165) is 9.35 Å². The maximum Gasteiger partial charge on any atom is 0.338 e. The van der Waals surface area contributed by atoms with E-state index in [1.165, 1.54) is 17.4 Å². The summed E-state index contributed by atoms with van der Waals surface area (Å²) >= 11 is 10.7. The van der Waals surface area contributed by atoms with Gasteiger partial charge < -0.3 is 10.5 Å². The van der Waals surface area contributed by atoms with Crippen molar-refractivity contribution in [3.05, 3.63) is 49.6 Å². The first-order valence-electron chi connectivity index (χ1n) is 5.02. The summed E-state index contributed by atoms with van der Waals surface area (Å²) < 4.78 is 6.13. The van der Waals surface area contributed by atoms with Crippen LogP contribution in [0.2, 0.25) is 5.02 Å². The maximum absolute atomic E-state index is 11.8. The monoisotopic (exact) mass is 345 g/mol. The van der Waals surface area contributed by atoms with Gasteiger partial charge in [-0.1, -0.05) is 11.6 Å². The number of anilines is 1. The molecule has 0 aliphatic heterocycles. The van der Waals surface area contributed by atoms with E-state index in [4.69, 9.17) is 22.1 Å². The third-order valence-electron chi connectivity index (χ3n) is 2.26. The Kier molecular flexibility index (Phi) is 4.27. The second kappa shape index (κ2) is 5.73. The molecule has 2 N–H and O–H groups in total. The van der Waals surface area contributed by atoms with Crippen molar-refractivity contribution >= 4 is 50.5 Å². The normalized spacial score (nSPS) is 10.3. The zero-order chi connectivity index (χ0) is 13.1. The molecule has 2 aromatic rings. The number of carbonyl (C=O) groups is 1. The van der Waals surface area contributed by atoms with Crippen LogP contribution in [0.1, 0.15) is 15.2 Å². The SMILES string of the molecule is Nc1cc(C(=O)OCc2sccc2Br)ccc1Cl. The number of halogens is 2. The van der Waals surface area contributed by atoms with Crippen LogP contribution in [0.25, 0.3) is 0 Å². The molecule has 0 bridgehead atoms. The largest absolute Gasteiger partial charge is 0.456 e.